The van der Waals surface area contributed by atoms with Crippen molar-refractivity contribution in [3.05, 3.63) is 35.9 Å². The van der Waals surface area contributed by atoms with E-state index in [1.165, 1.54) is 24.8 Å². The average molecular weight is 274 g/mol. The van der Waals surface area contributed by atoms with Gasteiger partial charge in [0.2, 0.25) is 0 Å². The molecule has 3 atom stereocenters. The van der Waals surface area contributed by atoms with E-state index in [9.17, 15) is 10.2 Å². The molecule has 0 unspecified atom stereocenters. The second kappa shape index (κ2) is 5.87. The van der Waals surface area contributed by atoms with E-state index in [0.717, 1.165) is 32.1 Å². The van der Waals surface area contributed by atoms with E-state index in [4.69, 9.17) is 0 Å². The number of rotatable bonds is 5. The largest absolute Gasteiger partial charge is 0.392 e. The minimum atomic E-state index is -0.604. The molecule has 2 aliphatic rings. The van der Waals surface area contributed by atoms with Crippen molar-refractivity contribution < 1.29 is 10.2 Å². The molecule has 0 bridgehead atoms. The number of benzene rings is 1. The third-order valence-corrected chi connectivity index (χ3v) is 5.34. The highest BCUT2D eigenvalue weighted by Crippen LogP contribution is 2.51. The summed E-state index contributed by atoms with van der Waals surface area (Å²) in [5, 5.41) is 21.1. The zero-order valence-electron chi connectivity index (χ0n) is 12.2. The molecular formula is C18H26O2. The summed E-state index contributed by atoms with van der Waals surface area (Å²) in [6.45, 7) is 0. The molecule has 3 rings (SSSR count). The van der Waals surface area contributed by atoms with E-state index in [1.807, 2.05) is 18.2 Å². The molecule has 2 nitrogen and oxygen atoms in total. The molecule has 0 spiro atoms. The fraction of sp³-hybridized carbons (Fsp3) is 0.667. The molecule has 2 aliphatic carbocycles. The Morgan fingerprint density at radius 2 is 1.80 bits per heavy atom. The van der Waals surface area contributed by atoms with Crippen molar-refractivity contribution in [3.63, 3.8) is 0 Å². The van der Waals surface area contributed by atoms with Crippen LogP contribution in [0.2, 0.25) is 0 Å². The van der Waals surface area contributed by atoms with Crippen LogP contribution < -0.4 is 0 Å². The summed E-state index contributed by atoms with van der Waals surface area (Å²) in [4.78, 5) is 0. The van der Waals surface area contributed by atoms with Gasteiger partial charge >= 0.3 is 0 Å². The highest BCUT2D eigenvalue weighted by molar-refractivity contribution is 5.17. The van der Waals surface area contributed by atoms with Gasteiger partial charge in [-0.15, -0.1) is 0 Å². The summed E-state index contributed by atoms with van der Waals surface area (Å²) in [7, 11) is 0. The van der Waals surface area contributed by atoms with Crippen LogP contribution in [0.3, 0.4) is 0 Å². The van der Waals surface area contributed by atoms with Crippen molar-refractivity contribution in [1.82, 2.24) is 0 Å². The molecule has 0 saturated heterocycles. The van der Waals surface area contributed by atoms with Gasteiger partial charge in [0.05, 0.1) is 11.7 Å². The molecule has 110 valence electrons. The third kappa shape index (κ3) is 3.07. The average Bonchev–Trinajstić information content (AvgIpc) is 3.19. The highest BCUT2D eigenvalue weighted by atomic mass is 16.3. The van der Waals surface area contributed by atoms with E-state index < -0.39 is 5.60 Å². The summed E-state index contributed by atoms with van der Waals surface area (Å²) in [6.07, 6.45) is 8.29. The summed E-state index contributed by atoms with van der Waals surface area (Å²) in [5.74, 6) is 0.550. The zero-order chi connectivity index (χ0) is 14.0. The predicted molar refractivity (Wildman–Crippen MR) is 80.4 cm³/mol. The molecule has 1 aromatic carbocycles. The third-order valence-electron chi connectivity index (χ3n) is 5.34. The summed E-state index contributed by atoms with van der Waals surface area (Å²) in [5.41, 5.74) is 0.672. The number of aryl methyl sites for hydroxylation is 1. The van der Waals surface area contributed by atoms with E-state index in [1.54, 1.807) is 0 Å². The lowest BCUT2D eigenvalue weighted by Gasteiger charge is -2.27. The van der Waals surface area contributed by atoms with Crippen LogP contribution in [0, 0.1) is 11.8 Å². The minimum absolute atomic E-state index is 0.120. The van der Waals surface area contributed by atoms with Gasteiger partial charge in [-0.05, 0) is 43.6 Å². The number of hydrogen-bond acceptors (Lipinski definition) is 2. The number of aliphatic hydroxyl groups excluding tert-OH is 1. The van der Waals surface area contributed by atoms with Gasteiger partial charge in [-0.1, -0.05) is 49.6 Å². The Bertz CT molecular complexity index is 424. The Kier molecular flexibility index (Phi) is 4.13. The van der Waals surface area contributed by atoms with Crippen LogP contribution in [0.4, 0.5) is 0 Å². The van der Waals surface area contributed by atoms with Gasteiger partial charge in [-0.3, -0.25) is 0 Å². The van der Waals surface area contributed by atoms with E-state index in [-0.39, 0.29) is 12.0 Å². The first-order chi connectivity index (χ1) is 9.69. The Morgan fingerprint density at radius 1 is 1.10 bits per heavy atom. The molecule has 0 amide bonds. The smallest absolute Gasteiger partial charge is 0.0709 e. The van der Waals surface area contributed by atoms with Crippen molar-refractivity contribution in [3.8, 4) is 0 Å². The normalized spacial score (nSPS) is 32.0. The summed E-state index contributed by atoms with van der Waals surface area (Å²) >= 11 is 0. The van der Waals surface area contributed by atoms with Crippen LogP contribution in [0.15, 0.2) is 30.3 Å². The van der Waals surface area contributed by atoms with Crippen molar-refractivity contribution in [2.75, 3.05) is 0 Å². The fourth-order valence-electron chi connectivity index (χ4n) is 3.86. The maximum Gasteiger partial charge on any atom is 0.0709 e. The van der Waals surface area contributed by atoms with Crippen LogP contribution in [0.1, 0.15) is 50.5 Å². The molecule has 2 fully saturated rings. The molecule has 0 radical (unpaired) electrons. The standard InChI is InChI=1S/C18H26O2/c19-17(15-9-5-2-6-10-15)16-13-18(16,20)12-11-14-7-3-1-4-8-14/h1,3-4,7-8,15-17,19-20H,2,5-6,9-13H2/t16-,17-,18-/m0/s1. The van der Waals surface area contributed by atoms with E-state index in [0.29, 0.717) is 5.92 Å². The lowest BCUT2D eigenvalue weighted by atomic mass is 9.82. The molecule has 2 heteroatoms. The molecule has 0 aromatic heterocycles. The molecule has 20 heavy (non-hydrogen) atoms. The van der Waals surface area contributed by atoms with Crippen LogP contribution in [-0.4, -0.2) is 21.9 Å². The fourth-order valence-corrected chi connectivity index (χ4v) is 3.86. The highest BCUT2D eigenvalue weighted by Gasteiger charge is 2.56. The van der Waals surface area contributed by atoms with Crippen molar-refractivity contribution in [1.29, 1.82) is 0 Å². The monoisotopic (exact) mass is 274 g/mol. The SMILES string of the molecule is O[C@@H](C1CCCCC1)[C@@H]1C[C@@]1(O)CCc1ccccc1. The van der Waals surface area contributed by atoms with Crippen LogP contribution in [0.5, 0.6) is 0 Å². The van der Waals surface area contributed by atoms with Crippen molar-refractivity contribution in [2.45, 2.75) is 63.1 Å². The molecule has 2 saturated carbocycles. The predicted octanol–water partition coefficient (Wildman–Crippen LogP) is 3.31. The maximum atomic E-state index is 10.6. The van der Waals surface area contributed by atoms with Crippen molar-refractivity contribution >= 4 is 0 Å². The first-order valence-corrected chi connectivity index (χ1v) is 8.13. The first-order valence-electron chi connectivity index (χ1n) is 8.13. The second-order valence-corrected chi connectivity index (χ2v) is 6.79. The minimum Gasteiger partial charge on any atom is -0.392 e. The lowest BCUT2D eigenvalue weighted by molar-refractivity contribution is 0.0221. The Morgan fingerprint density at radius 3 is 2.50 bits per heavy atom. The lowest BCUT2D eigenvalue weighted by Crippen LogP contribution is -2.29. The maximum absolute atomic E-state index is 10.6. The van der Waals surface area contributed by atoms with Gasteiger partial charge < -0.3 is 10.2 Å². The van der Waals surface area contributed by atoms with Gasteiger partial charge in [0.15, 0.2) is 0 Å². The topological polar surface area (TPSA) is 40.5 Å². The Labute approximate surface area is 121 Å². The summed E-state index contributed by atoms with van der Waals surface area (Å²) < 4.78 is 0. The number of aliphatic hydroxyl groups is 2. The van der Waals surface area contributed by atoms with Crippen LogP contribution in [0.25, 0.3) is 0 Å². The van der Waals surface area contributed by atoms with Gasteiger partial charge in [0, 0.05) is 5.92 Å². The summed E-state index contributed by atoms with van der Waals surface area (Å²) in [6, 6.07) is 10.3. The first kappa shape index (κ1) is 14.1. The molecular weight excluding hydrogens is 248 g/mol. The number of hydrogen-bond donors (Lipinski definition) is 2. The molecule has 1 aromatic rings. The van der Waals surface area contributed by atoms with E-state index in [2.05, 4.69) is 12.1 Å². The van der Waals surface area contributed by atoms with Crippen LogP contribution >= 0.6 is 0 Å². The zero-order valence-corrected chi connectivity index (χ0v) is 12.2. The van der Waals surface area contributed by atoms with Gasteiger partial charge in [0.25, 0.3) is 0 Å². The molecule has 0 aliphatic heterocycles. The Balaban J connectivity index is 1.51. The molecule has 2 N–H and O–H groups in total. The Hall–Kier alpha value is -0.860. The van der Waals surface area contributed by atoms with Gasteiger partial charge in [-0.2, -0.15) is 0 Å². The van der Waals surface area contributed by atoms with E-state index >= 15 is 0 Å². The van der Waals surface area contributed by atoms with Crippen LogP contribution in [-0.2, 0) is 6.42 Å². The van der Waals surface area contributed by atoms with Gasteiger partial charge in [-0.25, -0.2) is 0 Å². The molecule has 0 heterocycles. The van der Waals surface area contributed by atoms with Gasteiger partial charge in [0.1, 0.15) is 0 Å². The van der Waals surface area contributed by atoms with Crippen molar-refractivity contribution in [2.24, 2.45) is 11.8 Å². The quantitative estimate of drug-likeness (QED) is 0.865. The second-order valence-electron chi connectivity index (χ2n) is 6.79.